The van der Waals surface area contributed by atoms with E-state index in [9.17, 15) is 0 Å². The van der Waals surface area contributed by atoms with Gasteiger partial charge in [0.1, 0.15) is 11.5 Å². The fourth-order valence-corrected chi connectivity index (χ4v) is 9.98. The fourth-order valence-electron chi connectivity index (χ4n) is 9.98. The van der Waals surface area contributed by atoms with Gasteiger partial charge in [-0.25, -0.2) is 0 Å². The van der Waals surface area contributed by atoms with Gasteiger partial charge in [0, 0.05) is 27.8 Å². The van der Waals surface area contributed by atoms with Crippen molar-refractivity contribution in [2.75, 3.05) is 4.90 Å². The van der Waals surface area contributed by atoms with Crippen LogP contribution in [0.1, 0.15) is 22.3 Å². The number of hydrogen-bond donors (Lipinski definition) is 0. The minimum atomic E-state index is -0.652. The van der Waals surface area contributed by atoms with Gasteiger partial charge in [-0.2, -0.15) is 0 Å². The van der Waals surface area contributed by atoms with Crippen LogP contribution in [0.5, 0.6) is 11.5 Å². The highest BCUT2D eigenvalue weighted by Crippen LogP contribution is 2.62. The van der Waals surface area contributed by atoms with E-state index in [1.807, 2.05) is 0 Å². The van der Waals surface area contributed by atoms with Crippen LogP contribution in [0.15, 0.2) is 212 Å². The lowest BCUT2D eigenvalue weighted by atomic mass is 9.58. The second-order valence-corrected chi connectivity index (χ2v) is 15.2. The molecule has 2 heteroatoms. The third kappa shape index (κ3) is 4.53. The van der Waals surface area contributed by atoms with Crippen LogP contribution in [0.25, 0.3) is 54.6 Å². The van der Waals surface area contributed by atoms with Gasteiger partial charge in [-0.05, 0) is 91.1 Å². The van der Waals surface area contributed by atoms with E-state index < -0.39 is 5.41 Å². The van der Waals surface area contributed by atoms with Crippen LogP contribution in [-0.4, -0.2) is 0 Å². The van der Waals surface area contributed by atoms with Crippen molar-refractivity contribution in [1.82, 2.24) is 0 Å². The first-order chi connectivity index (χ1) is 28.3. The molecule has 10 aromatic rings. The predicted molar refractivity (Wildman–Crippen MR) is 236 cm³/mol. The molecule has 1 aliphatic heterocycles. The van der Waals surface area contributed by atoms with Gasteiger partial charge in [0.2, 0.25) is 0 Å². The van der Waals surface area contributed by atoms with Gasteiger partial charge in [-0.3, -0.25) is 0 Å². The van der Waals surface area contributed by atoms with Crippen molar-refractivity contribution in [1.29, 1.82) is 0 Å². The van der Waals surface area contributed by atoms with Crippen LogP contribution in [0.4, 0.5) is 17.1 Å². The lowest BCUT2D eigenvalue weighted by Crippen LogP contribution is -2.36. The van der Waals surface area contributed by atoms with E-state index in [-0.39, 0.29) is 0 Å². The molecule has 2 nitrogen and oxygen atoms in total. The molecule has 0 saturated carbocycles. The monoisotopic (exact) mass is 725 g/mol. The average Bonchev–Trinajstić information content (AvgIpc) is 3.28. The Morgan fingerprint density at radius 1 is 0.368 bits per heavy atom. The summed E-state index contributed by atoms with van der Waals surface area (Å²) in [5, 5.41) is 7.34. The number of para-hydroxylation sites is 2. The Morgan fingerprint density at radius 2 is 0.965 bits per heavy atom. The maximum Gasteiger partial charge on any atom is 0.132 e. The van der Waals surface area contributed by atoms with Crippen molar-refractivity contribution in [3.05, 3.63) is 235 Å². The summed E-state index contributed by atoms with van der Waals surface area (Å²) in [6, 6.07) is 77.7. The van der Waals surface area contributed by atoms with Gasteiger partial charge in [-0.15, -0.1) is 0 Å². The van der Waals surface area contributed by atoms with Crippen LogP contribution >= 0.6 is 0 Å². The summed E-state index contributed by atoms with van der Waals surface area (Å²) in [6.45, 7) is 0. The number of nitrogens with zero attached hydrogens (tertiary/aromatic N) is 1. The van der Waals surface area contributed by atoms with Crippen molar-refractivity contribution in [3.8, 4) is 33.8 Å². The van der Waals surface area contributed by atoms with Crippen LogP contribution in [0.2, 0.25) is 0 Å². The summed E-state index contributed by atoms with van der Waals surface area (Å²) < 4.78 is 6.76. The second-order valence-electron chi connectivity index (χ2n) is 15.2. The molecule has 0 atom stereocenters. The molecule has 0 unspecified atom stereocenters. The van der Waals surface area contributed by atoms with E-state index in [1.165, 1.54) is 65.7 Å². The molecule has 1 aliphatic carbocycles. The predicted octanol–water partition coefficient (Wildman–Crippen LogP) is 14.8. The van der Waals surface area contributed by atoms with Gasteiger partial charge in [0.25, 0.3) is 0 Å². The molecule has 1 heterocycles. The van der Waals surface area contributed by atoms with E-state index in [0.29, 0.717) is 0 Å². The number of rotatable bonds is 4. The van der Waals surface area contributed by atoms with Crippen LogP contribution in [-0.2, 0) is 5.41 Å². The van der Waals surface area contributed by atoms with Crippen molar-refractivity contribution >= 4 is 49.4 Å². The molecule has 2 aliphatic rings. The highest BCUT2D eigenvalue weighted by atomic mass is 16.5. The smallest absolute Gasteiger partial charge is 0.132 e. The number of hydrogen-bond acceptors (Lipinski definition) is 2. The molecule has 0 saturated heterocycles. The van der Waals surface area contributed by atoms with Crippen LogP contribution in [0, 0.1) is 0 Å². The molecule has 0 N–H and O–H groups in total. The first-order valence-electron chi connectivity index (χ1n) is 19.7. The molecular formula is C55H35NO. The summed E-state index contributed by atoms with van der Waals surface area (Å²) in [6.07, 6.45) is 0. The van der Waals surface area contributed by atoms with Gasteiger partial charge in [0.05, 0.1) is 16.8 Å². The molecule has 0 aromatic heterocycles. The average molecular weight is 726 g/mol. The molecule has 0 fully saturated rings. The minimum Gasteiger partial charge on any atom is -0.457 e. The maximum absolute atomic E-state index is 6.76. The molecule has 12 rings (SSSR count). The maximum atomic E-state index is 6.76. The molecule has 10 aromatic carbocycles. The second kappa shape index (κ2) is 12.3. The first kappa shape index (κ1) is 31.9. The SMILES string of the molecule is c1ccc(-c2c(N(c3ccc4c(c3)C3(c5ccccc5Oc5ccccc53)c3cccc5cccc-4c35)c3cccc4ccccc34)ccc3ccccc23)cc1. The van der Waals surface area contributed by atoms with Crippen molar-refractivity contribution in [3.63, 3.8) is 0 Å². The highest BCUT2D eigenvalue weighted by molar-refractivity contribution is 6.09. The molecule has 0 amide bonds. The Balaban J connectivity index is 1.24. The van der Waals surface area contributed by atoms with E-state index in [2.05, 4.69) is 217 Å². The van der Waals surface area contributed by atoms with Gasteiger partial charge < -0.3 is 9.64 Å². The Kier molecular flexibility index (Phi) is 6.88. The summed E-state index contributed by atoms with van der Waals surface area (Å²) in [5.41, 5.74) is 12.4. The normalized spacial score (nSPS) is 13.2. The zero-order valence-corrected chi connectivity index (χ0v) is 31.1. The van der Waals surface area contributed by atoms with E-state index in [4.69, 9.17) is 4.74 Å². The summed E-state index contributed by atoms with van der Waals surface area (Å²) in [4.78, 5) is 2.50. The molecular weight excluding hydrogens is 691 g/mol. The van der Waals surface area contributed by atoms with Crippen molar-refractivity contribution in [2.24, 2.45) is 0 Å². The number of ether oxygens (including phenoxy) is 1. The first-order valence-corrected chi connectivity index (χ1v) is 19.7. The largest absolute Gasteiger partial charge is 0.457 e. The summed E-state index contributed by atoms with van der Waals surface area (Å²) >= 11 is 0. The topological polar surface area (TPSA) is 12.5 Å². The molecule has 57 heavy (non-hydrogen) atoms. The van der Waals surface area contributed by atoms with E-state index >= 15 is 0 Å². The highest BCUT2D eigenvalue weighted by Gasteiger charge is 2.49. The Labute approximate surface area is 331 Å². The number of benzene rings is 10. The van der Waals surface area contributed by atoms with Gasteiger partial charge >= 0.3 is 0 Å². The van der Waals surface area contributed by atoms with Crippen LogP contribution in [0.3, 0.4) is 0 Å². The number of anilines is 3. The lowest BCUT2D eigenvalue weighted by molar-refractivity contribution is 0.435. The Bertz CT molecular complexity index is 3180. The third-order valence-corrected chi connectivity index (χ3v) is 12.3. The molecule has 266 valence electrons. The molecule has 1 spiro atoms. The zero-order valence-electron chi connectivity index (χ0n) is 31.1. The van der Waals surface area contributed by atoms with Gasteiger partial charge in [0.15, 0.2) is 0 Å². The molecule has 0 bridgehead atoms. The Hall–Kier alpha value is -7.42. The molecule has 0 radical (unpaired) electrons. The van der Waals surface area contributed by atoms with Crippen LogP contribution < -0.4 is 9.64 Å². The van der Waals surface area contributed by atoms with E-state index in [1.54, 1.807) is 0 Å². The standard InChI is InChI=1S/C55H35NO/c1-2-17-39(18-3-1)54-42-23-7-5-16-37(42)31-34-50(54)56(49-28-14-19-36-15-4-6-22-41(36)49)40-32-33-43-44-24-12-20-38-21-13-27-47(53(38)44)55(48(43)35-40)45-25-8-10-29-51(45)57-52-30-11-9-26-46(52)55/h1-35H. The number of fused-ring (bicyclic) bond motifs is 10. The Morgan fingerprint density at radius 3 is 1.75 bits per heavy atom. The lowest BCUT2D eigenvalue weighted by Gasteiger charge is -2.45. The zero-order chi connectivity index (χ0) is 37.5. The quantitative estimate of drug-likeness (QED) is 0.179. The van der Waals surface area contributed by atoms with Gasteiger partial charge in [-0.1, -0.05) is 176 Å². The van der Waals surface area contributed by atoms with Crippen molar-refractivity contribution < 1.29 is 4.74 Å². The van der Waals surface area contributed by atoms with Crippen molar-refractivity contribution in [2.45, 2.75) is 5.41 Å². The fraction of sp³-hybridized carbons (Fsp3) is 0.0182. The van der Waals surface area contributed by atoms with E-state index in [0.717, 1.165) is 39.7 Å². The third-order valence-electron chi connectivity index (χ3n) is 12.3. The summed E-state index contributed by atoms with van der Waals surface area (Å²) in [7, 11) is 0. The minimum absolute atomic E-state index is 0.652. The summed E-state index contributed by atoms with van der Waals surface area (Å²) in [5.74, 6) is 1.77.